The first-order valence-electron chi connectivity index (χ1n) is 15.6. The summed E-state index contributed by atoms with van der Waals surface area (Å²) in [6.45, 7) is 11.8. The number of nitrogens with two attached hydrogens (primary N) is 2. The van der Waals surface area contributed by atoms with Crippen LogP contribution in [0.2, 0.25) is 0 Å². The van der Waals surface area contributed by atoms with Gasteiger partial charge in [0.05, 0.1) is 11.0 Å². The van der Waals surface area contributed by atoms with Gasteiger partial charge in [0.25, 0.3) is 0 Å². The van der Waals surface area contributed by atoms with Gasteiger partial charge in [0, 0.05) is 52.1 Å². The molecule has 0 saturated carbocycles. The largest absolute Gasteiger partial charge is 0.444 e. The Balaban J connectivity index is 0.000000164. The molecule has 0 unspecified atom stereocenters. The van der Waals surface area contributed by atoms with Crippen molar-refractivity contribution < 1.29 is 14.1 Å². The van der Waals surface area contributed by atoms with Crippen LogP contribution in [0.5, 0.6) is 0 Å². The average Bonchev–Trinajstić information content (AvgIpc) is 3.51. The maximum absolute atomic E-state index is 12.1. The summed E-state index contributed by atoms with van der Waals surface area (Å²) in [6, 6.07) is 7.71. The summed E-state index contributed by atoms with van der Waals surface area (Å²) in [6.07, 6.45) is 4.56. The number of aryl methyl sites for hydroxylation is 1. The average molecular weight is 642 g/mol. The molecule has 0 radical (unpaired) electrons. The normalized spacial score (nSPS) is 15.9. The van der Waals surface area contributed by atoms with Crippen molar-refractivity contribution in [3.05, 3.63) is 48.6 Å². The van der Waals surface area contributed by atoms with Crippen LogP contribution >= 0.6 is 0 Å². The lowest BCUT2D eigenvalue weighted by Gasteiger charge is -2.36. The molecule has 1 amide bonds. The number of anilines is 4. The monoisotopic (exact) mass is 641 g/mol. The third-order valence-corrected chi connectivity index (χ3v) is 7.97. The minimum Gasteiger partial charge on any atom is -0.444 e. The highest BCUT2D eigenvalue weighted by Crippen LogP contribution is 2.29. The van der Waals surface area contributed by atoms with Gasteiger partial charge in [-0.15, -0.1) is 0 Å². The fourth-order valence-corrected chi connectivity index (χ4v) is 5.54. The molecule has 16 heteroatoms. The molecule has 2 aliphatic heterocycles. The Morgan fingerprint density at radius 2 is 1.32 bits per heavy atom. The number of piperidine rings is 1. The van der Waals surface area contributed by atoms with Crippen LogP contribution in [0.4, 0.5) is 28.1 Å². The molecular weight excluding hydrogens is 602 g/mol. The number of rotatable bonds is 3. The summed E-state index contributed by atoms with van der Waals surface area (Å²) in [4.78, 5) is 48.1. The van der Waals surface area contributed by atoms with Crippen LogP contribution in [0.1, 0.15) is 51.2 Å². The molecular formula is C31H39N13O3. The molecule has 0 bridgehead atoms. The van der Waals surface area contributed by atoms with Crippen molar-refractivity contribution in [3.63, 3.8) is 0 Å². The summed E-state index contributed by atoms with van der Waals surface area (Å²) in [5, 5.41) is 4.04. The number of aromatic nitrogens is 8. The van der Waals surface area contributed by atoms with E-state index in [1.165, 1.54) is 12.7 Å². The van der Waals surface area contributed by atoms with Gasteiger partial charge in [0.2, 0.25) is 5.89 Å². The Morgan fingerprint density at radius 3 is 1.81 bits per heavy atom. The van der Waals surface area contributed by atoms with E-state index in [2.05, 4.69) is 49.8 Å². The van der Waals surface area contributed by atoms with Crippen molar-refractivity contribution in [2.45, 2.75) is 52.1 Å². The van der Waals surface area contributed by atoms with E-state index in [-0.39, 0.29) is 6.09 Å². The highest BCUT2D eigenvalue weighted by atomic mass is 16.6. The number of hydrogen-bond acceptors (Lipinski definition) is 15. The summed E-state index contributed by atoms with van der Waals surface area (Å²) >= 11 is 0. The molecule has 0 aromatic carbocycles. The molecule has 7 heterocycles. The molecule has 2 aliphatic rings. The van der Waals surface area contributed by atoms with Crippen LogP contribution in [0, 0.1) is 6.92 Å². The molecule has 4 N–H and O–H groups in total. The second-order valence-electron chi connectivity index (χ2n) is 12.5. The molecule has 5 aromatic rings. The molecule has 0 spiro atoms. The summed E-state index contributed by atoms with van der Waals surface area (Å²) < 4.78 is 10.5. The molecule has 47 heavy (non-hydrogen) atoms. The van der Waals surface area contributed by atoms with Gasteiger partial charge in [0.15, 0.2) is 17.5 Å². The van der Waals surface area contributed by atoms with Gasteiger partial charge in [-0.25, -0.2) is 34.7 Å². The van der Waals surface area contributed by atoms with E-state index in [1.54, 1.807) is 4.90 Å². The van der Waals surface area contributed by atoms with Gasteiger partial charge >= 0.3 is 6.09 Å². The van der Waals surface area contributed by atoms with Crippen LogP contribution in [0.15, 0.2) is 41.4 Å². The van der Waals surface area contributed by atoms with Crippen molar-refractivity contribution in [1.29, 1.82) is 0 Å². The lowest BCUT2D eigenvalue weighted by Crippen LogP contribution is -2.50. The second kappa shape index (κ2) is 13.1. The molecule has 0 atom stereocenters. The molecule has 7 rings (SSSR count). The summed E-state index contributed by atoms with van der Waals surface area (Å²) in [7, 11) is 0. The van der Waals surface area contributed by atoms with Crippen LogP contribution < -0.4 is 21.3 Å². The fraction of sp³-hybridized carbons (Fsp3) is 0.452. The minimum absolute atomic E-state index is 0.272. The summed E-state index contributed by atoms with van der Waals surface area (Å²) in [5.41, 5.74) is 14.0. The number of ether oxygens (including phenoxy) is 1. The van der Waals surface area contributed by atoms with Gasteiger partial charge in [-0.3, -0.25) is 0 Å². The third-order valence-electron chi connectivity index (χ3n) is 7.97. The number of nitrogen functional groups attached to an aromatic ring is 2. The zero-order valence-electron chi connectivity index (χ0n) is 27.0. The first-order valence-corrected chi connectivity index (χ1v) is 15.6. The predicted octanol–water partition coefficient (Wildman–Crippen LogP) is 3.35. The number of amides is 1. The lowest BCUT2D eigenvalue weighted by atomic mass is 9.96. The minimum atomic E-state index is -0.481. The van der Waals surface area contributed by atoms with E-state index >= 15 is 0 Å². The van der Waals surface area contributed by atoms with E-state index in [0.29, 0.717) is 60.7 Å². The zero-order chi connectivity index (χ0) is 33.1. The number of carbonyl (C=O) groups excluding carboxylic acids is 1. The highest BCUT2D eigenvalue weighted by molar-refractivity contribution is 5.85. The molecule has 246 valence electrons. The Kier molecular flexibility index (Phi) is 8.82. The molecule has 5 aromatic heterocycles. The molecule has 2 saturated heterocycles. The molecule has 2 fully saturated rings. The first-order chi connectivity index (χ1) is 22.5. The quantitative estimate of drug-likeness (QED) is 0.290. The van der Waals surface area contributed by atoms with Gasteiger partial charge in [-0.2, -0.15) is 4.98 Å². The van der Waals surface area contributed by atoms with E-state index in [1.807, 2.05) is 52.0 Å². The number of nitrogens with zero attached hydrogens (tertiary/aromatic N) is 11. The Hall–Kier alpha value is -5.41. The van der Waals surface area contributed by atoms with Gasteiger partial charge < -0.3 is 35.4 Å². The van der Waals surface area contributed by atoms with E-state index in [4.69, 9.17) is 20.7 Å². The smallest absolute Gasteiger partial charge is 0.410 e. The van der Waals surface area contributed by atoms with Crippen molar-refractivity contribution >= 4 is 51.4 Å². The van der Waals surface area contributed by atoms with Gasteiger partial charge in [0.1, 0.15) is 40.9 Å². The predicted molar refractivity (Wildman–Crippen MR) is 177 cm³/mol. The maximum atomic E-state index is 12.1. The topological polar surface area (TPSA) is 204 Å². The van der Waals surface area contributed by atoms with Gasteiger partial charge in [-0.1, -0.05) is 5.16 Å². The van der Waals surface area contributed by atoms with E-state index in [0.717, 1.165) is 54.4 Å². The van der Waals surface area contributed by atoms with Gasteiger partial charge in [-0.05, 0) is 57.9 Å². The van der Waals surface area contributed by atoms with Crippen LogP contribution in [-0.2, 0) is 4.74 Å². The van der Waals surface area contributed by atoms with E-state index in [9.17, 15) is 4.79 Å². The number of pyridine rings is 2. The van der Waals surface area contributed by atoms with Crippen molar-refractivity contribution in [3.8, 4) is 0 Å². The number of piperazine rings is 1. The third kappa shape index (κ3) is 7.37. The van der Waals surface area contributed by atoms with Crippen molar-refractivity contribution in [1.82, 2.24) is 44.9 Å². The van der Waals surface area contributed by atoms with E-state index < -0.39 is 5.60 Å². The first kappa shape index (κ1) is 31.6. The van der Waals surface area contributed by atoms with Crippen molar-refractivity contribution in [2.24, 2.45) is 0 Å². The standard InChI is InChI=1S/C16H22N6O2.C15H17N7O/c1-16(2,3)24-15(23)22-8-6-21(7-9-22)12-5-4-11-13(20-12)14(17)19-10-18-11;1-9-19-15(21-23-9)10-4-6-22(7-5-10)12-3-2-11-13(20-12)14(16)18-8-17-11/h4-5,10H,6-9H2,1-3H3,(H2,17,18,19);2-3,8,10H,4-7H2,1H3,(H2,16,17,18). The Labute approximate surface area is 271 Å². The molecule has 0 aliphatic carbocycles. The summed E-state index contributed by atoms with van der Waals surface area (Å²) in [5.74, 6) is 4.27. The number of hydrogen-bond donors (Lipinski definition) is 2. The molecule has 16 nitrogen and oxygen atoms in total. The number of fused-ring (bicyclic) bond motifs is 2. The Morgan fingerprint density at radius 1 is 0.787 bits per heavy atom. The highest BCUT2D eigenvalue weighted by Gasteiger charge is 2.27. The maximum Gasteiger partial charge on any atom is 0.410 e. The lowest BCUT2D eigenvalue weighted by molar-refractivity contribution is 0.0240. The van der Waals surface area contributed by atoms with Crippen LogP contribution in [0.3, 0.4) is 0 Å². The van der Waals surface area contributed by atoms with Crippen LogP contribution in [0.25, 0.3) is 22.1 Å². The van der Waals surface area contributed by atoms with Crippen LogP contribution in [-0.4, -0.2) is 95.9 Å². The number of carbonyl (C=O) groups is 1. The fourth-order valence-electron chi connectivity index (χ4n) is 5.54. The van der Waals surface area contributed by atoms with Crippen molar-refractivity contribution in [2.75, 3.05) is 60.5 Å². The SMILES string of the molecule is CC(C)(C)OC(=O)N1CCN(c2ccc3ncnc(N)c3n2)CC1.Cc1nc(C2CCN(c3ccc4ncnc(N)c4n3)CC2)no1. The zero-order valence-corrected chi connectivity index (χ0v) is 27.0. The second-order valence-corrected chi connectivity index (χ2v) is 12.5. The Bertz CT molecular complexity index is 1860.